The van der Waals surface area contributed by atoms with Crippen molar-refractivity contribution in [2.45, 2.75) is 19.4 Å². The summed E-state index contributed by atoms with van der Waals surface area (Å²) in [6.45, 7) is 2.56. The molecule has 1 aromatic heterocycles. The number of nitrogens with one attached hydrogen (secondary N) is 1. The van der Waals surface area contributed by atoms with E-state index in [-0.39, 0.29) is 5.91 Å². The van der Waals surface area contributed by atoms with Crippen LogP contribution in [0.5, 0.6) is 0 Å². The lowest BCUT2D eigenvalue weighted by atomic mass is 10.2. The molecular weight excluding hydrogens is 228 g/mol. The standard InChI is InChI=1S/C13H16N4O/c14-8-12-11(4-3-5-16-12)9-15-10-13(18)17-6-1-2-7-17/h3-5,15H,1-2,6-7,9-10H2. The lowest BCUT2D eigenvalue weighted by molar-refractivity contribution is -0.129. The number of amides is 1. The number of hydrogen-bond donors (Lipinski definition) is 1. The van der Waals surface area contributed by atoms with Gasteiger partial charge >= 0.3 is 0 Å². The van der Waals surface area contributed by atoms with Gasteiger partial charge in [-0.15, -0.1) is 0 Å². The second-order valence-electron chi connectivity index (χ2n) is 4.31. The molecule has 1 aliphatic rings. The SMILES string of the molecule is N#Cc1ncccc1CNCC(=O)N1CCCC1. The highest BCUT2D eigenvalue weighted by Crippen LogP contribution is 2.07. The third kappa shape index (κ3) is 3.05. The van der Waals surface area contributed by atoms with Crippen LogP contribution in [0.2, 0.25) is 0 Å². The predicted molar refractivity (Wildman–Crippen MR) is 66.5 cm³/mol. The lowest BCUT2D eigenvalue weighted by Crippen LogP contribution is -2.36. The zero-order valence-electron chi connectivity index (χ0n) is 10.2. The molecule has 5 nitrogen and oxygen atoms in total. The van der Waals surface area contributed by atoms with Crippen LogP contribution in [0.15, 0.2) is 18.3 Å². The molecule has 0 bridgehead atoms. The molecule has 0 aromatic carbocycles. The first-order chi connectivity index (χ1) is 8.81. The highest BCUT2D eigenvalue weighted by molar-refractivity contribution is 5.78. The predicted octanol–water partition coefficient (Wildman–Crippen LogP) is 0.665. The van der Waals surface area contributed by atoms with Gasteiger partial charge in [0.05, 0.1) is 6.54 Å². The molecule has 2 heterocycles. The minimum Gasteiger partial charge on any atom is -0.342 e. The number of hydrogen-bond acceptors (Lipinski definition) is 4. The van der Waals surface area contributed by atoms with Crippen LogP contribution >= 0.6 is 0 Å². The van der Waals surface area contributed by atoms with Gasteiger partial charge in [-0.25, -0.2) is 4.98 Å². The van der Waals surface area contributed by atoms with E-state index in [0.29, 0.717) is 18.8 Å². The monoisotopic (exact) mass is 244 g/mol. The molecule has 1 fully saturated rings. The number of rotatable bonds is 4. The molecule has 0 spiro atoms. The zero-order valence-corrected chi connectivity index (χ0v) is 10.2. The molecule has 1 aromatic rings. The first kappa shape index (κ1) is 12.5. The number of nitrogens with zero attached hydrogens (tertiary/aromatic N) is 3. The maximum Gasteiger partial charge on any atom is 0.236 e. The van der Waals surface area contributed by atoms with Gasteiger partial charge in [-0.1, -0.05) is 6.07 Å². The molecule has 1 amide bonds. The first-order valence-electron chi connectivity index (χ1n) is 6.14. The Morgan fingerprint density at radius 1 is 1.50 bits per heavy atom. The average molecular weight is 244 g/mol. The molecule has 94 valence electrons. The molecule has 0 saturated carbocycles. The lowest BCUT2D eigenvalue weighted by Gasteiger charge is -2.15. The van der Waals surface area contributed by atoms with E-state index in [0.717, 1.165) is 31.5 Å². The van der Waals surface area contributed by atoms with Crippen LogP contribution in [0.1, 0.15) is 24.1 Å². The van der Waals surface area contributed by atoms with Gasteiger partial charge in [-0.2, -0.15) is 5.26 Å². The van der Waals surface area contributed by atoms with E-state index >= 15 is 0 Å². The van der Waals surface area contributed by atoms with Crippen molar-refractivity contribution in [1.29, 1.82) is 5.26 Å². The maximum absolute atomic E-state index is 11.8. The Kier molecular flexibility index (Phi) is 4.26. The van der Waals surface area contributed by atoms with E-state index in [9.17, 15) is 4.79 Å². The van der Waals surface area contributed by atoms with Crippen LogP contribution in [-0.2, 0) is 11.3 Å². The van der Waals surface area contributed by atoms with Gasteiger partial charge in [0.25, 0.3) is 0 Å². The third-order valence-corrected chi connectivity index (χ3v) is 3.05. The summed E-state index contributed by atoms with van der Waals surface area (Å²) in [6.07, 6.45) is 3.80. The van der Waals surface area contributed by atoms with E-state index < -0.39 is 0 Å². The molecule has 0 atom stereocenters. The second-order valence-corrected chi connectivity index (χ2v) is 4.31. The number of carbonyl (C=O) groups is 1. The summed E-state index contributed by atoms with van der Waals surface area (Å²) in [6, 6.07) is 5.68. The smallest absolute Gasteiger partial charge is 0.236 e. The Labute approximate surface area is 106 Å². The molecule has 0 radical (unpaired) electrons. The molecule has 18 heavy (non-hydrogen) atoms. The van der Waals surface area contributed by atoms with Crippen molar-refractivity contribution in [2.75, 3.05) is 19.6 Å². The van der Waals surface area contributed by atoms with Crippen LogP contribution in [0.25, 0.3) is 0 Å². The van der Waals surface area contributed by atoms with Gasteiger partial charge in [0.15, 0.2) is 0 Å². The summed E-state index contributed by atoms with van der Waals surface area (Å²) in [5.41, 5.74) is 1.24. The van der Waals surface area contributed by atoms with Gasteiger partial charge in [-0.3, -0.25) is 4.79 Å². The van der Waals surface area contributed by atoms with Crippen LogP contribution in [-0.4, -0.2) is 35.4 Å². The van der Waals surface area contributed by atoms with E-state index in [4.69, 9.17) is 5.26 Å². The summed E-state index contributed by atoms with van der Waals surface area (Å²) in [5.74, 6) is 0.134. The number of aromatic nitrogens is 1. The molecule has 1 saturated heterocycles. The fraction of sp³-hybridized carbons (Fsp3) is 0.462. The van der Waals surface area contributed by atoms with E-state index in [1.54, 1.807) is 12.3 Å². The summed E-state index contributed by atoms with van der Waals surface area (Å²) < 4.78 is 0. The summed E-state index contributed by atoms with van der Waals surface area (Å²) >= 11 is 0. The normalized spacial score (nSPS) is 14.5. The van der Waals surface area contributed by atoms with Crippen molar-refractivity contribution < 1.29 is 4.79 Å². The Hall–Kier alpha value is -1.93. The maximum atomic E-state index is 11.8. The molecule has 1 N–H and O–H groups in total. The van der Waals surface area contributed by atoms with Crippen LogP contribution < -0.4 is 5.32 Å². The van der Waals surface area contributed by atoms with Crippen LogP contribution in [0.3, 0.4) is 0 Å². The quantitative estimate of drug-likeness (QED) is 0.845. The van der Waals surface area contributed by atoms with Crippen LogP contribution in [0, 0.1) is 11.3 Å². The summed E-state index contributed by atoms with van der Waals surface area (Å²) in [7, 11) is 0. The fourth-order valence-corrected chi connectivity index (χ4v) is 2.06. The molecule has 5 heteroatoms. The second kappa shape index (κ2) is 6.12. The van der Waals surface area contributed by atoms with Crippen molar-refractivity contribution in [1.82, 2.24) is 15.2 Å². The van der Waals surface area contributed by atoms with Gasteiger partial charge in [0.2, 0.25) is 5.91 Å². The minimum atomic E-state index is 0.134. The Morgan fingerprint density at radius 3 is 3.00 bits per heavy atom. The van der Waals surface area contributed by atoms with Crippen molar-refractivity contribution in [3.8, 4) is 6.07 Å². The van der Waals surface area contributed by atoms with Crippen molar-refractivity contribution in [2.24, 2.45) is 0 Å². The molecule has 0 aliphatic carbocycles. The van der Waals surface area contributed by atoms with E-state index in [1.165, 1.54) is 0 Å². The Bertz CT molecular complexity index is 460. The van der Waals surface area contributed by atoms with Gasteiger partial charge in [0, 0.05) is 31.4 Å². The first-order valence-corrected chi connectivity index (χ1v) is 6.14. The van der Waals surface area contributed by atoms with Gasteiger partial charge in [-0.05, 0) is 18.9 Å². The topological polar surface area (TPSA) is 69.0 Å². The molecule has 1 aliphatic heterocycles. The van der Waals surface area contributed by atoms with Crippen LogP contribution in [0.4, 0.5) is 0 Å². The summed E-state index contributed by atoms with van der Waals surface area (Å²) in [5, 5.41) is 12.0. The third-order valence-electron chi connectivity index (χ3n) is 3.05. The van der Waals surface area contributed by atoms with Crippen molar-refractivity contribution in [3.63, 3.8) is 0 Å². The molecule has 2 rings (SSSR count). The Balaban J connectivity index is 1.81. The minimum absolute atomic E-state index is 0.134. The van der Waals surface area contributed by atoms with E-state index in [2.05, 4.69) is 10.3 Å². The number of likely N-dealkylation sites (tertiary alicyclic amines) is 1. The molecule has 0 unspecified atom stereocenters. The zero-order chi connectivity index (χ0) is 12.8. The van der Waals surface area contributed by atoms with E-state index in [1.807, 2.05) is 17.0 Å². The highest BCUT2D eigenvalue weighted by Gasteiger charge is 2.17. The number of nitriles is 1. The largest absolute Gasteiger partial charge is 0.342 e. The summed E-state index contributed by atoms with van der Waals surface area (Å²) in [4.78, 5) is 17.6. The fourth-order valence-electron chi connectivity index (χ4n) is 2.06. The van der Waals surface area contributed by atoms with Crippen molar-refractivity contribution >= 4 is 5.91 Å². The highest BCUT2D eigenvalue weighted by atomic mass is 16.2. The Morgan fingerprint density at radius 2 is 2.28 bits per heavy atom. The average Bonchev–Trinajstić information content (AvgIpc) is 2.93. The molecular formula is C13H16N4O. The van der Waals surface area contributed by atoms with Crippen molar-refractivity contribution in [3.05, 3.63) is 29.6 Å². The number of pyridine rings is 1. The van der Waals surface area contributed by atoms with Gasteiger partial charge < -0.3 is 10.2 Å². The van der Waals surface area contributed by atoms with Gasteiger partial charge in [0.1, 0.15) is 11.8 Å². The number of carbonyl (C=O) groups excluding carboxylic acids is 1.